The SMILES string of the molecule is CNS(=O)(=O)C1CC(Oc2ccc(-c3ccc(C#C[C@@H](CO)n4ccnc4C(C)OC4CCCCO4)cc3)cc2)C1. The molecule has 0 bridgehead atoms. The van der Waals surface area contributed by atoms with Crippen LogP contribution < -0.4 is 9.46 Å². The van der Waals surface area contributed by atoms with E-state index in [0.717, 1.165) is 41.7 Å². The van der Waals surface area contributed by atoms with Crippen LogP contribution >= 0.6 is 0 Å². The highest BCUT2D eigenvalue weighted by atomic mass is 32.2. The Morgan fingerprint density at radius 1 is 1.12 bits per heavy atom. The molecule has 2 N–H and O–H groups in total. The zero-order valence-electron chi connectivity index (χ0n) is 23.4. The van der Waals surface area contributed by atoms with Crippen molar-refractivity contribution in [3.05, 3.63) is 72.3 Å². The normalized spacial score (nSPS) is 22.2. The molecule has 0 radical (unpaired) electrons. The number of aromatic nitrogens is 2. The van der Waals surface area contributed by atoms with Crippen molar-refractivity contribution in [2.45, 2.75) is 68.8 Å². The van der Waals surface area contributed by atoms with Crippen molar-refractivity contribution >= 4 is 10.0 Å². The van der Waals surface area contributed by atoms with Crippen LogP contribution in [0.3, 0.4) is 0 Å². The molecular weight excluding hydrogens is 542 g/mol. The summed E-state index contributed by atoms with van der Waals surface area (Å²) < 4.78 is 45.7. The first-order chi connectivity index (χ1) is 19.9. The van der Waals surface area contributed by atoms with E-state index in [-0.39, 0.29) is 30.4 Å². The Morgan fingerprint density at radius 3 is 2.46 bits per heavy atom. The van der Waals surface area contributed by atoms with Crippen molar-refractivity contribution in [2.75, 3.05) is 20.3 Å². The average Bonchev–Trinajstić information content (AvgIpc) is 3.46. The van der Waals surface area contributed by atoms with Gasteiger partial charge in [-0.25, -0.2) is 18.1 Å². The van der Waals surface area contributed by atoms with E-state index >= 15 is 0 Å². The highest BCUT2D eigenvalue weighted by Gasteiger charge is 2.39. The zero-order valence-corrected chi connectivity index (χ0v) is 24.2. The molecule has 2 unspecified atom stereocenters. The van der Waals surface area contributed by atoms with Crippen LogP contribution in [-0.4, -0.2) is 61.0 Å². The lowest BCUT2D eigenvalue weighted by molar-refractivity contribution is -0.188. The number of benzene rings is 2. The molecule has 0 amide bonds. The van der Waals surface area contributed by atoms with Crippen molar-refractivity contribution in [3.8, 4) is 28.7 Å². The molecule has 0 spiro atoms. The summed E-state index contributed by atoms with van der Waals surface area (Å²) >= 11 is 0. The van der Waals surface area contributed by atoms with Gasteiger partial charge in [0, 0.05) is 37.4 Å². The van der Waals surface area contributed by atoms with Crippen LogP contribution in [0.25, 0.3) is 11.1 Å². The lowest BCUT2D eigenvalue weighted by Gasteiger charge is -2.34. The molecule has 1 saturated heterocycles. The van der Waals surface area contributed by atoms with E-state index in [4.69, 9.17) is 14.2 Å². The molecule has 2 aliphatic rings. The van der Waals surface area contributed by atoms with Crippen molar-refractivity contribution in [2.24, 2.45) is 0 Å². The molecule has 2 heterocycles. The molecule has 2 fully saturated rings. The van der Waals surface area contributed by atoms with Crippen molar-refractivity contribution in [3.63, 3.8) is 0 Å². The van der Waals surface area contributed by atoms with Gasteiger partial charge in [-0.05, 0) is 68.6 Å². The maximum atomic E-state index is 11.8. The number of hydrogen-bond acceptors (Lipinski definition) is 7. The number of aliphatic hydroxyl groups is 1. The van der Waals surface area contributed by atoms with Crippen LogP contribution in [0, 0.1) is 11.8 Å². The molecule has 2 aromatic carbocycles. The number of ether oxygens (including phenoxy) is 3. The minimum absolute atomic E-state index is 0.0883. The molecule has 3 aromatic rings. The summed E-state index contributed by atoms with van der Waals surface area (Å²) in [6.07, 6.45) is 6.91. The Bertz CT molecular complexity index is 1450. The number of sulfonamides is 1. The Labute approximate surface area is 241 Å². The molecular formula is C31H37N3O6S. The average molecular weight is 580 g/mol. The second-order valence-electron chi connectivity index (χ2n) is 10.4. The smallest absolute Gasteiger partial charge is 0.214 e. The first-order valence-electron chi connectivity index (χ1n) is 14.1. The Morgan fingerprint density at radius 2 is 1.83 bits per heavy atom. The number of nitrogens with zero attached hydrogens (tertiary/aromatic N) is 2. The van der Waals surface area contributed by atoms with E-state index in [0.29, 0.717) is 25.3 Å². The van der Waals surface area contributed by atoms with Crippen molar-refractivity contribution in [1.82, 2.24) is 14.3 Å². The summed E-state index contributed by atoms with van der Waals surface area (Å²) in [5, 5.41) is 9.71. The fraction of sp³-hybridized carbons (Fsp3) is 0.452. The first kappa shape index (κ1) is 29.3. The predicted octanol–water partition coefficient (Wildman–Crippen LogP) is 4.20. The third kappa shape index (κ3) is 7.18. The van der Waals surface area contributed by atoms with Gasteiger partial charge in [-0.15, -0.1) is 0 Å². The van der Waals surface area contributed by atoms with Gasteiger partial charge in [0.2, 0.25) is 10.0 Å². The van der Waals surface area contributed by atoms with Crippen LogP contribution in [0.15, 0.2) is 60.9 Å². The van der Waals surface area contributed by atoms with Crippen molar-refractivity contribution < 1.29 is 27.7 Å². The molecule has 1 aliphatic heterocycles. The van der Waals surface area contributed by atoms with E-state index < -0.39 is 16.1 Å². The molecule has 3 atom stereocenters. The number of aliphatic hydroxyl groups excluding tert-OH is 1. The number of nitrogens with one attached hydrogen (secondary N) is 1. The standard InChI is InChI=1S/C31H37N3O6S/c1-22(39-30-5-3-4-18-38-30)31-33-16-17-34(31)26(21-35)13-8-23-6-9-24(10-7-23)25-11-14-27(15-12-25)40-28-19-29(20-28)41(36,37)32-2/h6-7,9-12,14-17,22,26,28-30,32,35H,3-5,18-21H2,1-2H3/t22?,26-,28?,29?,30?/m0/s1. The lowest BCUT2D eigenvalue weighted by Crippen LogP contribution is -2.46. The number of imidazole rings is 1. The topological polar surface area (TPSA) is 112 Å². The quantitative estimate of drug-likeness (QED) is 0.346. The van der Waals surface area contributed by atoms with Gasteiger partial charge < -0.3 is 23.9 Å². The fourth-order valence-electron chi connectivity index (χ4n) is 5.08. The Balaban J connectivity index is 1.18. The Hall–Kier alpha value is -3.20. The number of rotatable bonds is 10. The summed E-state index contributed by atoms with van der Waals surface area (Å²) in [5.74, 6) is 7.79. The largest absolute Gasteiger partial charge is 0.490 e. The zero-order chi connectivity index (χ0) is 28.8. The van der Waals surface area contributed by atoms with Gasteiger partial charge in [0.15, 0.2) is 6.29 Å². The van der Waals surface area contributed by atoms with Gasteiger partial charge in [-0.1, -0.05) is 36.1 Å². The third-order valence-electron chi connectivity index (χ3n) is 7.60. The van der Waals surface area contributed by atoms with Crippen LogP contribution in [0.5, 0.6) is 5.75 Å². The van der Waals surface area contributed by atoms with E-state index in [1.54, 1.807) is 6.20 Å². The second-order valence-corrected chi connectivity index (χ2v) is 12.6. The minimum Gasteiger partial charge on any atom is -0.490 e. The second kappa shape index (κ2) is 13.2. The van der Waals surface area contributed by atoms with Crippen LogP contribution in [0.1, 0.15) is 62.6 Å². The van der Waals surface area contributed by atoms with Gasteiger partial charge in [0.1, 0.15) is 29.8 Å². The van der Waals surface area contributed by atoms with Crippen LogP contribution in [0.4, 0.5) is 0 Å². The van der Waals surface area contributed by atoms with Crippen molar-refractivity contribution in [1.29, 1.82) is 0 Å². The van der Waals surface area contributed by atoms with Gasteiger partial charge in [-0.3, -0.25) is 0 Å². The Kier molecular flexibility index (Phi) is 9.42. The van der Waals surface area contributed by atoms with E-state index in [1.807, 2.05) is 66.2 Å². The van der Waals surface area contributed by atoms with Gasteiger partial charge in [-0.2, -0.15) is 0 Å². The summed E-state index contributed by atoms with van der Waals surface area (Å²) in [4.78, 5) is 4.46. The lowest BCUT2D eigenvalue weighted by atomic mass is 9.95. The molecule has 1 aliphatic carbocycles. The molecule has 1 saturated carbocycles. The minimum atomic E-state index is -3.23. The predicted molar refractivity (Wildman–Crippen MR) is 156 cm³/mol. The number of hydrogen-bond donors (Lipinski definition) is 2. The highest BCUT2D eigenvalue weighted by Crippen LogP contribution is 2.31. The maximum absolute atomic E-state index is 11.8. The monoisotopic (exact) mass is 579 g/mol. The summed E-state index contributed by atoms with van der Waals surface area (Å²) in [6, 6.07) is 15.3. The highest BCUT2D eigenvalue weighted by molar-refractivity contribution is 7.90. The first-order valence-corrected chi connectivity index (χ1v) is 15.6. The molecule has 1 aromatic heterocycles. The summed E-state index contributed by atoms with van der Waals surface area (Å²) in [7, 11) is -1.79. The maximum Gasteiger partial charge on any atom is 0.214 e. The summed E-state index contributed by atoms with van der Waals surface area (Å²) in [6.45, 7) is 2.50. The molecule has 41 heavy (non-hydrogen) atoms. The summed E-state index contributed by atoms with van der Waals surface area (Å²) in [5.41, 5.74) is 2.91. The van der Waals surface area contributed by atoms with E-state index in [1.165, 1.54) is 7.05 Å². The van der Waals surface area contributed by atoms with Gasteiger partial charge >= 0.3 is 0 Å². The van der Waals surface area contributed by atoms with E-state index in [9.17, 15) is 13.5 Å². The molecule has 5 rings (SSSR count). The van der Waals surface area contributed by atoms with Gasteiger partial charge in [0.25, 0.3) is 0 Å². The van der Waals surface area contributed by atoms with Crippen LogP contribution in [-0.2, 0) is 19.5 Å². The van der Waals surface area contributed by atoms with Gasteiger partial charge in [0.05, 0.1) is 11.9 Å². The van der Waals surface area contributed by atoms with E-state index in [2.05, 4.69) is 21.5 Å². The third-order valence-corrected chi connectivity index (χ3v) is 9.43. The molecule has 218 valence electrons. The fourth-order valence-corrected chi connectivity index (χ4v) is 6.35. The molecule has 9 nitrogen and oxygen atoms in total. The van der Waals surface area contributed by atoms with Crippen LogP contribution in [0.2, 0.25) is 0 Å². The molecule has 10 heteroatoms.